The molecule has 0 spiro atoms. The summed E-state index contributed by atoms with van der Waals surface area (Å²) in [6.45, 7) is 3.49. The van der Waals surface area contributed by atoms with Gasteiger partial charge in [0.15, 0.2) is 0 Å². The Morgan fingerprint density at radius 1 is 1.43 bits per heavy atom. The molecular formula is C14H19N3O4. The number of piperidine rings is 1. The van der Waals surface area contributed by atoms with Crippen LogP contribution in [0.4, 0.5) is 11.4 Å². The number of methoxy groups -OCH3 is 1. The van der Waals surface area contributed by atoms with E-state index in [0.29, 0.717) is 11.4 Å². The lowest BCUT2D eigenvalue weighted by Gasteiger charge is -2.32. The maximum absolute atomic E-state index is 12.5. The molecule has 21 heavy (non-hydrogen) atoms. The van der Waals surface area contributed by atoms with Crippen LogP contribution in [0.15, 0.2) is 18.2 Å². The third-order valence-electron chi connectivity index (χ3n) is 3.90. The molecule has 1 aromatic rings. The number of carbonyl (C=O) groups excluding carboxylic acids is 1. The molecule has 1 amide bonds. The molecule has 2 rings (SSSR count). The molecule has 0 aliphatic carbocycles. The number of carbonyl (C=O) groups is 1. The summed E-state index contributed by atoms with van der Waals surface area (Å²) < 4.78 is 5.15. The van der Waals surface area contributed by atoms with Crippen LogP contribution in [0, 0.1) is 15.5 Å². The van der Waals surface area contributed by atoms with Crippen molar-refractivity contribution in [3.05, 3.63) is 28.3 Å². The van der Waals surface area contributed by atoms with Crippen molar-refractivity contribution in [3.8, 4) is 5.75 Å². The summed E-state index contributed by atoms with van der Waals surface area (Å²) in [4.78, 5) is 22.8. The predicted molar refractivity (Wildman–Crippen MR) is 78.5 cm³/mol. The fourth-order valence-corrected chi connectivity index (χ4v) is 2.39. The molecule has 7 nitrogen and oxygen atoms in total. The highest BCUT2D eigenvalue weighted by molar-refractivity contribution is 5.96. The van der Waals surface area contributed by atoms with E-state index in [0.717, 1.165) is 25.9 Å². The highest BCUT2D eigenvalue weighted by Crippen LogP contribution is 2.33. The average Bonchev–Trinajstić information content (AvgIpc) is 2.47. The first-order chi connectivity index (χ1) is 9.96. The third kappa shape index (κ3) is 3.30. The largest absolute Gasteiger partial charge is 0.495 e. The maximum atomic E-state index is 12.5. The summed E-state index contributed by atoms with van der Waals surface area (Å²) in [6, 6.07) is 4.15. The first-order valence-corrected chi connectivity index (χ1v) is 6.81. The SMILES string of the molecule is COc1ccc([N+](=O)[O-])cc1NC(=O)C1(C)CCNCC1. The minimum atomic E-state index is -0.499. The summed E-state index contributed by atoms with van der Waals surface area (Å²) in [6.07, 6.45) is 1.46. The second-order valence-electron chi connectivity index (χ2n) is 5.41. The molecule has 7 heteroatoms. The number of ether oxygens (including phenoxy) is 1. The van der Waals surface area contributed by atoms with Crippen LogP contribution in [0.5, 0.6) is 5.75 Å². The van der Waals surface area contributed by atoms with Gasteiger partial charge in [-0.15, -0.1) is 0 Å². The van der Waals surface area contributed by atoms with Gasteiger partial charge in [-0.1, -0.05) is 6.92 Å². The van der Waals surface area contributed by atoms with Gasteiger partial charge in [0, 0.05) is 17.5 Å². The first kappa shape index (κ1) is 15.2. The molecule has 1 aliphatic heterocycles. The topological polar surface area (TPSA) is 93.5 Å². The number of rotatable bonds is 4. The van der Waals surface area contributed by atoms with Crippen molar-refractivity contribution < 1.29 is 14.5 Å². The van der Waals surface area contributed by atoms with Gasteiger partial charge in [-0.3, -0.25) is 14.9 Å². The molecule has 0 radical (unpaired) electrons. The monoisotopic (exact) mass is 293 g/mol. The fourth-order valence-electron chi connectivity index (χ4n) is 2.39. The Kier molecular flexibility index (Phi) is 4.42. The first-order valence-electron chi connectivity index (χ1n) is 6.81. The quantitative estimate of drug-likeness (QED) is 0.653. The maximum Gasteiger partial charge on any atom is 0.271 e. The average molecular weight is 293 g/mol. The van der Waals surface area contributed by atoms with Gasteiger partial charge in [-0.05, 0) is 32.0 Å². The van der Waals surface area contributed by atoms with Crippen LogP contribution < -0.4 is 15.4 Å². The van der Waals surface area contributed by atoms with Crippen LogP contribution >= 0.6 is 0 Å². The summed E-state index contributed by atoms with van der Waals surface area (Å²) >= 11 is 0. The molecule has 1 fully saturated rings. The van der Waals surface area contributed by atoms with Gasteiger partial charge in [-0.2, -0.15) is 0 Å². The minimum Gasteiger partial charge on any atom is -0.495 e. The van der Waals surface area contributed by atoms with Crippen LogP contribution in [-0.2, 0) is 4.79 Å². The van der Waals surface area contributed by atoms with Crippen LogP contribution in [0.1, 0.15) is 19.8 Å². The number of nitro groups is 1. The molecule has 0 atom stereocenters. The van der Waals surface area contributed by atoms with E-state index >= 15 is 0 Å². The standard InChI is InChI=1S/C14H19N3O4/c1-14(5-7-15-8-6-14)13(18)16-11-9-10(17(19)20)3-4-12(11)21-2/h3-4,9,15H,5-8H2,1-2H3,(H,16,18). The Morgan fingerprint density at radius 2 is 2.10 bits per heavy atom. The number of nitrogens with one attached hydrogen (secondary N) is 2. The number of hydrogen-bond acceptors (Lipinski definition) is 5. The normalized spacial score (nSPS) is 17.0. The highest BCUT2D eigenvalue weighted by atomic mass is 16.6. The van der Waals surface area contributed by atoms with E-state index in [2.05, 4.69) is 10.6 Å². The van der Waals surface area contributed by atoms with E-state index < -0.39 is 10.3 Å². The number of benzene rings is 1. The van der Waals surface area contributed by atoms with Gasteiger partial charge in [-0.25, -0.2) is 0 Å². The summed E-state index contributed by atoms with van der Waals surface area (Å²) in [5, 5.41) is 16.8. The van der Waals surface area contributed by atoms with Crippen LogP contribution in [0.25, 0.3) is 0 Å². The Bertz CT molecular complexity index is 553. The zero-order valence-electron chi connectivity index (χ0n) is 12.1. The fraction of sp³-hybridized carbons (Fsp3) is 0.500. The highest BCUT2D eigenvalue weighted by Gasteiger charge is 2.35. The van der Waals surface area contributed by atoms with Gasteiger partial charge in [0.25, 0.3) is 5.69 Å². The molecule has 0 saturated carbocycles. The number of nitrogens with zero attached hydrogens (tertiary/aromatic N) is 1. The number of nitro benzene ring substituents is 1. The smallest absolute Gasteiger partial charge is 0.271 e. The molecule has 0 aromatic heterocycles. The Hall–Kier alpha value is -2.15. The lowest BCUT2D eigenvalue weighted by atomic mass is 9.80. The summed E-state index contributed by atoms with van der Waals surface area (Å²) in [7, 11) is 1.46. The number of non-ortho nitro benzene ring substituents is 1. The molecule has 0 unspecified atom stereocenters. The van der Waals surface area contributed by atoms with Gasteiger partial charge in [0.1, 0.15) is 5.75 Å². The van der Waals surface area contributed by atoms with Gasteiger partial charge >= 0.3 is 0 Å². The lowest BCUT2D eigenvalue weighted by Crippen LogP contribution is -2.42. The second-order valence-corrected chi connectivity index (χ2v) is 5.41. The summed E-state index contributed by atoms with van der Waals surface area (Å²) in [5.74, 6) is 0.272. The van der Waals surface area contributed by atoms with Gasteiger partial charge < -0.3 is 15.4 Å². The molecule has 1 aliphatic rings. The number of anilines is 1. The molecule has 114 valence electrons. The van der Waals surface area contributed by atoms with E-state index in [1.165, 1.54) is 25.3 Å². The second kappa shape index (κ2) is 6.09. The van der Waals surface area contributed by atoms with E-state index in [1.807, 2.05) is 6.92 Å². The third-order valence-corrected chi connectivity index (χ3v) is 3.90. The Balaban J connectivity index is 2.23. The van der Waals surface area contributed by atoms with Crippen molar-refractivity contribution in [1.82, 2.24) is 5.32 Å². The van der Waals surface area contributed by atoms with E-state index in [1.54, 1.807) is 0 Å². The van der Waals surface area contributed by atoms with Crippen molar-refractivity contribution in [2.24, 2.45) is 5.41 Å². The molecule has 1 saturated heterocycles. The van der Waals surface area contributed by atoms with Crippen LogP contribution in [-0.4, -0.2) is 31.0 Å². The molecule has 1 heterocycles. The lowest BCUT2D eigenvalue weighted by molar-refractivity contribution is -0.384. The van der Waals surface area contributed by atoms with Gasteiger partial charge in [0.2, 0.25) is 5.91 Å². The Morgan fingerprint density at radius 3 is 2.67 bits per heavy atom. The minimum absolute atomic E-state index is 0.0819. The van der Waals surface area contributed by atoms with Crippen LogP contribution in [0.3, 0.4) is 0 Å². The zero-order chi connectivity index (χ0) is 15.5. The molecular weight excluding hydrogens is 274 g/mol. The van der Waals surface area contributed by atoms with E-state index in [-0.39, 0.29) is 11.6 Å². The summed E-state index contributed by atoms with van der Waals surface area (Å²) in [5.41, 5.74) is -0.223. The van der Waals surface area contributed by atoms with Crippen molar-refractivity contribution in [1.29, 1.82) is 0 Å². The van der Waals surface area contributed by atoms with Crippen molar-refractivity contribution in [2.75, 3.05) is 25.5 Å². The van der Waals surface area contributed by atoms with Crippen molar-refractivity contribution in [2.45, 2.75) is 19.8 Å². The zero-order valence-corrected chi connectivity index (χ0v) is 12.1. The van der Waals surface area contributed by atoms with Gasteiger partial charge in [0.05, 0.1) is 17.7 Å². The molecule has 0 bridgehead atoms. The number of amides is 1. The van der Waals surface area contributed by atoms with Crippen molar-refractivity contribution in [3.63, 3.8) is 0 Å². The number of hydrogen-bond donors (Lipinski definition) is 2. The molecule has 2 N–H and O–H groups in total. The van der Waals surface area contributed by atoms with E-state index in [4.69, 9.17) is 4.74 Å². The van der Waals surface area contributed by atoms with Crippen LogP contribution in [0.2, 0.25) is 0 Å². The Labute approximate surface area is 122 Å². The van der Waals surface area contributed by atoms with E-state index in [9.17, 15) is 14.9 Å². The molecule has 1 aromatic carbocycles. The predicted octanol–water partition coefficient (Wildman–Crippen LogP) is 1.93. The van der Waals surface area contributed by atoms with Crippen molar-refractivity contribution >= 4 is 17.3 Å².